The number of para-hydroxylation sites is 1. The maximum absolute atomic E-state index is 11.1. The molecule has 0 fully saturated rings. The van der Waals surface area contributed by atoms with Crippen molar-refractivity contribution >= 4 is 16.9 Å². The first-order valence-electron chi connectivity index (χ1n) is 4.95. The average molecular weight is 213 g/mol. The SMILES string of the molecule is CC#CCn1cc(C(=O)O)c2ccccc21. The summed E-state index contributed by atoms with van der Waals surface area (Å²) < 4.78 is 1.86. The predicted molar refractivity (Wildman–Crippen MR) is 62.3 cm³/mol. The van der Waals surface area contributed by atoms with Crippen LogP contribution in [-0.2, 0) is 6.54 Å². The maximum Gasteiger partial charge on any atom is 0.337 e. The van der Waals surface area contributed by atoms with E-state index in [9.17, 15) is 4.79 Å². The van der Waals surface area contributed by atoms with Gasteiger partial charge in [-0.05, 0) is 13.0 Å². The van der Waals surface area contributed by atoms with Crippen LogP contribution in [0.1, 0.15) is 17.3 Å². The first-order chi connectivity index (χ1) is 7.74. The van der Waals surface area contributed by atoms with E-state index in [1.165, 1.54) is 0 Å². The van der Waals surface area contributed by atoms with Gasteiger partial charge in [0.2, 0.25) is 0 Å². The summed E-state index contributed by atoms with van der Waals surface area (Å²) in [6, 6.07) is 7.45. The largest absolute Gasteiger partial charge is 0.478 e. The third-order valence-electron chi connectivity index (χ3n) is 2.45. The molecule has 0 aliphatic rings. The Kier molecular flexibility index (Phi) is 2.65. The van der Waals surface area contributed by atoms with Gasteiger partial charge in [-0.1, -0.05) is 24.1 Å². The van der Waals surface area contributed by atoms with Crippen LogP contribution >= 0.6 is 0 Å². The zero-order valence-corrected chi connectivity index (χ0v) is 8.90. The second-order valence-corrected chi connectivity index (χ2v) is 3.42. The van der Waals surface area contributed by atoms with Gasteiger partial charge in [0, 0.05) is 17.1 Å². The lowest BCUT2D eigenvalue weighted by Gasteiger charge is -1.97. The Labute approximate surface area is 93.3 Å². The Morgan fingerprint density at radius 3 is 2.88 bits per heavy atom. The zero-order valence-electron chi connectivity index (χ0n) is 8.90. The van der Waals surface area contributed by atoms with Gasteiger partial charge in [-0.15, -0.1) is 5.92 Å². The third kappa shape index (κ3) is 1.66. The summed E-state index contributed by atoms with van der Waals surface area (Å²) in [6.45, 7) is 2.29. The second-order valence-electron chi connectivity index (χ2n) is 3.42. The molecule has 0 saturated carbocycles. The molecule has 0 bridgehead atoms. The molecule has 1 aromatic heterocycles. The summed E-state index contributed by atoms with van der Waals surface area (Å²) in [5, 5.41) is 9.83. The molecule has 2 rings (SSSR count). The van der Waals surface area contributed by atoms with E-state index >= 15 is 0 Å². The number of carboxylic acids is 1. The fraction of sp³-hybridized carbons (Fsp3) is 0.154. The Hall–Kier alpha value is -2.21. The van der Waals surface area contributed by atoms with Gasteiger partial charge in [-0.2, -0.15) is 0 Å². The Bertz CT molecular complexity index is 599. The summed E-state index contributed by atoms with van der Waals surface area (Å²) in [4.78, 5) is 11.1. The Balaban J connectivity index is 2.65. The van der Waals surface area contributed by atoms with Gasteiger partial charge in [0.25, 0.3) is 0 Å². The number of nitrogens with zero attached hydrogens (tertiary/aromatic N) is 1. The first-order valence-corrected chi connectivity index (χ1v) is 4.95. The van der Waals surface area contributed by atoms with E-state index in [0.717, 1.165) is 10.9 Å². The van der Waals surface area contributed by atoms with Crippen molar-refractivity contribution in [2.45, 2.75) is 13.5 Å². The van der Waals surface area contributed by atoms with Crippen LogP contribution < -0.4 is 0 Å². The molecule has 2 aromatic rings. The number of aromatic nitrogens is 1. The lowest BCUT2D eigenvalue weighted by Crippen LogP contribution is -1.95. The highest BCUT2D eigenvalue weighted by molar-refractivity contribution is 6.03. The number of hydrogen-bond acceptors (Lipinski definition) is 1. The van der Waals surface area contributed by atoms with Crippen molar-refractivity contribution in [3.8, 4) is 11.8 Å². The summed E-state index contributed by atoms with van der Waals surface area (Å²) in [6.07, 6.45) is 1.64. The van der Waals surface area contributed by atoms with Crippen molar-refractivity contribution in [1.82, 2.24) is 4.57 Å². The summed E-state index contributed by atoms with van der Waals surface area (Å²) in [7, 11) is 0. The lowest BCUT2D eigenvalue weighted by atomic mass is 10.2. The van der Waals surface area contributed by atoms with E-state index < -0.39 is 5.97 Å². The number of carbonyl (C=O) groups is 1. The highest BCUT2D eigenvalue weighted by Gasteiger charge is 2.12. The van der Waals surface area contributed by atoms with Crippen LogP contribution in [0.2, 0.25) is 0 Å². The van der Waals surface area contributed by atoms with Crippen molar-refractivity contribution in [1.29, 1.82) is 0 Å². The van der Waals surface area contributed by atoms with E-state index in [0.29, 0.717) is 12.1 Å². The molecule has 0 atom stereocenters. The van der Waals surface area contributed by atoms with E-state index in [1.54, 1.807) is 13.1 Å². The highest BCUT2D eigenvalue weighted by Crippen LogP contribution is 2.20. The van der Waals surface area contributed by atoms with Gasteiger partial charge in [0.15, 0.2) is 0 Å². The molecule has 0 saturated heterocycles. The molecule has 0 aliphatic heterocycles. The number of carboxylic acid groups (broad SMARTS) is 1. The number of fused-ring (bicyclic) bond motifs is 1. The van der Waals surface area contributed by atoms with Crippen molar-refractivity contribution in [3.63, 3.8) is 0 Å². The molecule has 0 radical (unpaired) electrons. The van der Waals surface area contributed by atoms with Gasteiger partial charge in [0.1, 0.15) is 0 Å². The van der Waals surface area contributed by atoms with Gasteiger partial charge in [0.05, 0.1) is 12.1 Å². The van der Waals surface area contributed by atoms with Gasteiger partial charge in [-0.25, -0.2) is 4.79 Å². The monoisotopic (exact) mass is 213 g/mol. The van der Waals surface area contributed by atoms with E-state index in [1.807, 2.05) is 28.8 Å². The van der Waals surface area contributed by atoms with Crippen LogP contribution in [0.15, 0.2) is 30.5 Å². The minimum atomic E-state index is -0.903. The molecule has 80 valence electrons. The Morgan fingerprint density at radius 2 is 2.19 bits per heavy atom. The van der Waals surface area contributed by atoms with Crippen molar-refractivity contribution in [3.05, 3.63) is 36.0 Å². The van der Waals surface area contributed by atoms with Crippen LogP contribution in [0.25, 0.3) is 10.9 Å². The maximum atomic E-state index is 11.1. The number of hydrogen-bond donors (Lipinski definition) is 1. The standard InChI is InChI=1S/C13H11NO2/c1-2-3-8-14-9-11(13(15)16)10-6-4-5-7-12(10)14/h4-7,9H,8H2,1H3,(H,15,16). The zero-order chi connectivity index (χ0) is 11.5. The van der Waals surface area contributed by atoms with Crippen LogP contribution in [0, 0.1) is 11.8 Å². The smallest absolute Gasteiger partial charge is 0.337 e. The van der Waals surface area contributed by atoms with E-state index in [2.05, 4.69) is 11.8 Å². The van der Waals surface area contributed by atoms with Crippen molar-refractivity contribution in [2.75, 3.05) is 0 Å². The van der Waals surface area contributed by atoms with Gasteiger partial charge >= 0.3 is 5.97 Å². The summed E-state index contributed by atoms with van der Waals surface area (Å²) in [5.74, 6) is 4.83. The molecule has 3 nitrogen and oxygen atoms in total. The number of aromatic carboxylic acids is 1. The van der Waals surface area contributed by atoms with E-state index in [4.69, 9.17) is 5.11 Å². The normalized spacial score (nSPS) is 9.81. The minimum Gasteiger partial charge on any atom is -0.478 e. The average Bonchev–Trinajstić information content (AvgIpc) is 2.65. The fourth-order valence-corrected chi connectivity index (χ4v) is 1.71. The van der Waals surface area contributed by atoms with Crippen LogP contribution in [0.5, 0.6) is 0 Å². The quantitative estimate of drug-likeness (QED) is 0.778. The molecule has 1 N–H and O–H groups in total. The first kappa shape index (κ1) is 10.3. The fourth-order valence-electron chi connectivity index (χ4n) is 1.71. The molecule has 0 amide bonds. The molecule has 1 heterocycles. The van der Waals surface area contributed by atoms with Crippen LogP contribution in [0.4, 0.5) is 0 Å². The van der Waals surface area contributed by atoms with Crippen molar-refractivity contribution in [2.24, 2.45) is 0 Å². The molecule has 0 unspecified atom stereocenters. The summed E-state index contributed by atoms with van der Waals surface area (Å²) in [5.41, 5.74) is 1.23. The van der Waals surface area contributed by atoms with Gasteiger partial charge < -0.3 is 9.67 Å². The molecule has 0 aliphatic carbocycles. The highest BCUT2D eigenvalue weighted by atomic mass is 16.4. The third-order valence-corrected chi connectivity index (χ3v) is 2.45. The van der Waals surface area contributed by atoms with Crippen LogP contribution in [-0.4, -0.2) is 15.6 Å². The number of benzene rings is 1. The minimum absolute atomic E-state index is 0.327. The van der Waals surface area contributed by atoms with E-state index in [-0.39, 0.29) is 0 Å². The lowest BCUT2D eigenvalue weighted by molar-refractivity contribution is 0.0699. The molecule has 16 heavy (non-hydrogen) atoms. The second kappa shape index (κ2) is 4.11. The predicted octanol–water partition coefficient (Wildman–Crippen LogP) is 2.36. The summed E-state index contributed by atoms with van der Waals surface area (Å²) >= 11 is 0. The molecule has 3 heteroatoms. The van der Waals surface area contributed by atoms with Gasteiger partial charge in [-0.3, -0.25) is 0 Å². The topological polar surface area (TPSA) is 42.2 Å². The molecule has 1 aromatic carbocycles. The van der Waals surface area contributed by atoms with Crippen LogP contribution in [0.3, 0.4) is 0 Å². The molecule has 0 spiro atoms. The molecular formula is C13H11NO2. The van der Waals surface area contributed by atoms with Crippen molar-refractivity contribution < 1.29 is 9.90 Å². The Morgan fingerprint density at radius 1 is 1.44 bits per heavy atom. The number of rotatable bonds is 2. The molecular weight excluding hydrogens is 202 g/mol.